The van der Waals surface area contributed by atoms with Crippen LogP contribution in [0.5, 0.6) is 0 Å². The molecule has 2 heterocycles. The number of aliphatic imine (C=N–C) groups is 1. The highest BCUT2D eigenvalue weighted by Crippen LogP contribution is 2.30. The molecule has 1 aromatic carbocycles. The van der Waals surface area contributed by atoms with Gasteiger partial charge in [-0.2, -0.15) is 0 Å². The fraction of sp³-hybridized carbons (Fsp3) is 0.263. The maximum atomic E-state index is 14.2. The van der Waals surface area contributed by atoms with E-state index in [1.54, 1.807) is 31.5 Å². The molecule has 1 aromatic heterocycles. The van der Waals surface area contributed by atoms with Crippen LogP contribution in [0.3, 0.4) is 0 Å². The first-order valence-electron chi connectivity index (χ1n) is 7.84. The number of ether oxygens (including phenoxy) is 1. The van der Waals surface area contributed by atoms with E-state index in [9.17, 15) is 13.2 Å². The number of rotatable bonds is 2. The lowest BCUT2D eigenvalue weighted by molar-refractivity contribution is 0.255. The van der Waals surface area contributed by atoms with Gasteiger partial charge in [-0.25, -0.2) is 18.2 Å². The molecule has 3 rings (SSSR count). The van der Waals surface area contributed by atoms with Gasteiger partial charge in [0.15, 0.2) is 0 Å². The van der Waals surface area contributed by atoms with Gasteiger partial charge in [-0.1, -0.05) is 12.0 Å². The quantitative estimate of drug-likeness (QED) is 0.825. The van der Waals surface area contributed by atoms with Crippen molar-refractivity contribution in [2.24, 2.45) is 10.7 Å². The third-order valence-corrected chi connectivity index (χ3v) is 3.62. The number of aromatic nitrogens is 1. The number of hydrogen-bond acceptors (Lipinski definition) is 4. The summed E-state index contributed by atoms with van der Waals surface area (Å²) < 4.78 is 38.6. The molecule has 0 fully saturated rings. The van der Waals surface area contributed by atoms with Crippen molar-refractivity contribution in [3.8, 4) is 23.0 Å². The molecule has 1 unspecified atom stereocenters. The second-order valence-corrected chi connectivity index (χ2v) is 5.29. The molecule has 0 amide bonds. The first kappa shape index (κ1) is 19.3. The van der Waals surface area contributed by atoms with Gasteiger partial charge >= 0.3 is 0 Å². The average Bonchev–Trinajstić information content (AvgIpc) is 2.63. The van der Waals surface area contributed by atoms with Crippen LogP contribution in [0.1, 0.15) is 30.5 Å². The van der Waals surface area contributed by atoms with Gasteiger partial charge in [0.1, 0.15) is 5.82 Å². The number of nitrogens with zero attached hydrogens (tertiary/aromatic N) is 2. The summed E-state index contributed by atoms with van der Waals surface area (Å²) in [5.74, 6) is 5.52. The van der Waals surface area contributed by atoms with Crippen molar-refractivity contribution in [2.45, 2.75) is 19.4 Å². The van der Waals surface area contributed by atoms with Crippen LogP contribution in [0.25, 0.3) is 11.1 Å². The number of halogens is 3. The van der Waals surface area contributed by atoms with Crippen molar-refractivity contribution in [2.75, 3.05) is 13.5 Å². The summed E-state index contributed by atoms with van der Waals surface area (Å²) in [6, 6.07) is 6.68. The van der Waals surface area contributed by atoms with E-state index in [0.29, 0.717) is 18.6 Å². The Balaban J connectivity index is 0.000000758. The summed E-state index contributed by atoms with van der Waals surface area (Å²) in [5.41, 5.74) is 8.69. The van der Waals surface area contributed by atoms with Gasteiger partial charge in [0, 0.05) is 35.5 Å². The highest BCUT2D eigenvalue weighted by Gasteiger charge is 2.20. The van der Waals surface area contributed by atoms with E-state index < -0.39 is 6.93 Å². The highest BCUT2D eigenvalue weighted by molar-refractivity contribution is 5.72. The SMILES string of the molecule is CC#Cc1cncc(-c2ccc(F)c(C3CCOC(N)=N3)c2)c1.FCF. The van der Waals surface area contributed by atoms with Crippen LogP contribution in [0.15, 0.2) is 41.7 Å². The zero-order chi connectivity index (χ0) is 18.9. The summed E-state index contributed by atoms with van der Waals surface area (Å²) in [6.45, 7) is 0.461. The fourth-order valence-electron chi connectivity index (χ4n) is 2.54. The Morgan fingerprint density at radius 3 is 2.69 bits per heavy atom. The number of amidine groups is 1. The van der Waals surface area contributed by atoms with E-state index in [1.807, 2.05) is 6.07 Å². The van der Waals surface area contributed by atoms with Crippen LogP contribution in [0, 0.1) is 17.7 Å². The molecule has 2 aromatic rings. The van der Waals surface area contributed by atoms with E-state index in [4.69, 9.17) is 10.5 Å². The molecule has 0 radical (unpaired) electrons. The Bertz CT molecular complexity index is 843. The molecule has 26 heavy (non-hydrogen) atoms. The monoisotopic (exact) mass is 361 g/mol. The molecule has 0 spiro atoms. The summed E-state index contributed by atoms with van der Waals surface area (Å²) in [6.07, 6.45) is 4.04. The van der Waals surface area contributed by atoms with Gasteiger partial charge in [0.25, 0.3) is 6.02 Å². The van der Waals surface area contributed by atoms with Crippen LogP contribution < -0.4 is 5.73 Å². The molecule has 0 bridgehead atoms. The van der Waals surface area contributed by atoms with Crippen molar-refractivity contribution < 1.29 is 17.9 Å². The Labute approximate surface area is 149 Å². The molecule has 1 aliphatic rings. The summed E-state index contributed by atoms with van der Waals surface area (Å²) in [5, 5.41) is 0. The van der Waals surface area contributed by atoms with Crippen molar-refractivity contribution in [1.29, 1.82) is 0 Å². The number of benzene rings is 1. The van der Waals surface area contributed by atoms with Crippen LogP contribution in [-0.4, -0.2) is 24.5 Å². The minimum absolute atomic E-state index is 0.105. The molecule has 1 atom stereocenters. The number of alkyl halides is 2. The van der Waals surface area contributed by atoms with Crippen molar-refractivity contribution in [3.63, 3.8) is 0 Å². The minimum Gasteiger partial charge on any atom is -0.465 e. The Kier molecular flexibility index (Phi) is 7.03. The van der Waals surface area contributed by atoms with Gasteiger partial charge < -0.3 is 10.5 Å². The smallest absolute Gasteiger partial charge is 0.282 e. The predicted octanol–water partition coefficient (Wildman–Crippen LogP) is 3.92. The van der Waals surface area contributed by atoms with Crippen LogP contribution >= 0.6 is 0 Å². The van der Waals surface area contributed by atoms with Gasteiger partial charge in [-0.3, -0.25) is 4.98 Å². The molecule has 2 N–H and O–H groups in total. The molecule has 7 heteroatoms. The maximum absolute atomic E-state index is 14.2. The van der Waals surface area contributed by atoms with E-state index in [1.165, 1.54) is 6.07 Å². The zero-order valence-electron chi connectivity index (χ0n) is 14.2. The molecule has 0 saturated heterocycles. The van der Waals surface area contributed by atoms with Gasteiger partial charge in [-0.15, -0.1) is 5.92 Å². The third-order valence-electron chi connectivity index (χ3n) is 3.62. The topological polar surface area (TPSA) is 60.5 Å². The standard InChI is InChI=1S/C18H16FN3O.CH2F2/c1-2-3-12-8-14(11-21-10-12)13-4-5-16(19)15(9-13)17-6-7-23-18(20)22-17;2-1-3/h4-5,8-11,17H,6-7H2,1H3,(H2,20,22);1H2. The van der Waals surface area contributed by atoms with E-state index >= 15 is 0 Å². The second kappa shape index (κ2) is 9.47. The van der Waals surface area contributed by atoms with Crippen LogP contribution in [0.4, 0.5) is 13.2 Å². The van der Waals surface area contributed by atoms with E-state index in [2.05, 4.69) is 21.8 Å². The molecule has 0 saturated carbocycles. The van der Waals surface area contributed by atoms with Crippen molar-refractivity contribution in [1.82, 2.24) is 4.98 Å². The van der Waals surface area contributed by atoms with Crippen molar-refractivity contribution >= 4 is 6.02 Å². The summed E-state index contributed by atoms with van der Waals surface area (Å²) in [4.78, 5) is 8.38. The lowest BCUT2D eigenvalue weighted by Crippen LogP contribution is -2.24. The molecule has 0 aliphatic carbocycles. The molecule has 136 valence electrons. The van der Waals surface area contributed by atoms with E-state index in [-0.39, 0.29) is 17.9 Å². The maximum Gasteiger partial charge on any atom is 0.282 e. The Morgan fingerprint density at radius 2 is 2.00 bits per heavy atom. The van der Waals surface area contributed by atoms with E-state index in [0.717, 1.165) is 16.7 Å². The van der Waals surface area contributed by atoms with Gasteiger partial charge in [-0.05, 0) is 30.7 Å². The molecule has 4 nitrogen and oxygen atoms in total. The number of pyridine rings is 1. The fourth-order valence-corrected chi connectivity index (χ4v) is 2.54. The minimum atomic E-state index is -1.75. The number of nitrogens with two attached hydrogens (primary N) is 1. The Morgan fingerprint density at radius 1 is 1.23 bits per heavy atom. The predicted molar refractivity (Wildman–Crippen MR) is 94.2 cm³/mol. The summed E-state index contributed by atoms with van der Waals surface area (Å²) >= 11 is 0. The van der Waals surface area contributed by atoms with Gasteiger partial charge in [0.05, 0.1) is 12.6 Å². The molecular formula is C19H18F3N3O. The second-order valence-electron chi connectivity index (χ2n) is 5.29. The molecule has 1 aliphatic heterocycles. The normalized spacial score (nSPS) is 15.5. The highest BCUT2D eigenvalue weighted by atomic mass is 19.3. The van der Waals surface area contributed by atoms with Crippen molar-refractivity contribution in [3.05, 3.63) is 53.6 Å². The average molecular weight is 361 g/mol. The van der Waals surface area contributed by atoms with Crippen LogP contribution in [-0.2, 0) is 4.74 Å². The lowest BCUT2D eigenvalue weighted by atomic mass is 9.97. The first-order valence-corrected chi connectivity index (χ1v) is 7.84. The summed E-state index contributed by atoms with van der Waals surface area (Å²) in [7, 11) is 0. The Hall–Kier alpha value is -3.01. The zero-order valence-corrected chi connectivity index (χ0v) is 14.2. The molecular weight excluding hydrogens is 343 g/mol. The van der Waals surface area contributed by atoms with Crippen LogP contribution in [0.2, 0.25) is 0 Å². The largest absolute Gasteiger partial charge is 0.465 e. The lowest BCUT2D eigenvalue weighted by Gasteiger charge is -2.20. The first-order chi connectivity index (χ1) is 12.6. The third kappa shape index (κ3) is 4.99. The number of hydrogen-bond donors (Lipinski definition) is 1. The van der Waals surface area contributed by atoms with Gasteiger partial charge in [0.2, 0.25) is 6.93 Å².